The lowest BCUT2D eigenvalue weighted by Gasteiger charge is -2.35. The molecule has 2 aliphatic rings. The van der Waals surface area contributed by atoms with Crippen LogP contribution in [0.5, 0.6) is 0 Å². The summed E-state index contributed by atoms with van der Waals surface area (Å²) in [5.74, 6) is 2.73. The predicted molar refractivity (Wildman–Crippen MR) is 105 cm³/mol. The molecular formula is C21H23N5O. The minimum atomic E-state index is 0.195. The van der Waals surface area contributed by atoms with Gasteiger partial charge in [0.1, 0.15) is 11.6 Å². The van der Waals surface area contributed by atoms with Gasteiger partial charge in [0.25, 0.3) is 0 Å². The molecule has 138 valence electrons. The molecule has 2 fully saturated rings. The average Bonchev–Trinajstić information content (AvgIpc) is 3.50. The van der Waals surface area contributed by atoms with Crippen molar-refractivity contribution < 1.29 is 4.79 Å². The van der Waals surface area contributed by atoms with Crippen molar-refractivity contribution in [2.75, 3.05) is 31.1 Å². The van der Waals surface area contributed by atoms with Gasteiger partial charge < -0.3 is 14.8 Å². The Morgan fingerprint density at radius 1 is 1.11 bits per heavy atom. The number of carbonyl (C=O) groups is 1. The first-order valence-corrected chi connectivity index (χ1v) is 9.68. The molecule has 3 heterocycles. The monoisotopic (exact) mass is 361 g/mol. The zero-order valence-corrected chi connectivity index (χ0v) is 15.3. The Hall–Kier alpha value is -2.89. The number of aromatic nitrogens is 3. The van der Waals surface area contributed by atoms with Gasteiger partial charge in [-0.05, 0) is 30.5 Å². The van der Waals surface area contributed by atoms with E-state index < -0.39 is 0 Å². The normalized spacial score (nSPS) is 17.5. The van der Waals surface area contributed by atoms with E-state index in [1.54, 1.807) is 0 Å². The van der Waals surface area contributed by atoms with Gasteiger partial charge in [0.05, 0.1) is 6.42 Å². The number of fused-ring (bicyclic) bond motifs is 1. The molecule has 0 radical (unpaired) electrons. The second-order valence-corrected chi connectivity index (χ2v) is 7.45. The van der Waals surface area contributed by atoms with Crippen molar-refractivity contribution >= 4 is 22.6 Å². The van der Waals surface area contributed by atoms with Crippen LogP contribution in [0.25, 0.3) is 10.9 Å². The van der Waals surface area contributed by atoms with Gasteiger partial charge in [-0.1, -0.05) is 18.2 Å². The molecule has 0 atom stereocenters. The summed E-state index contributed by atoms with van der Waals surface area (Å²) < 4.78 is 0. The van der Waals surface area contributed by atoms with Crippen LogP contribution in [-0.2, 0) is 11.2 Å². The third-order valence-corrected chi connectivity index (χ3v) is 5.57. The fourth-order valence-corrected chi connectivity index (χ4v) is 3.82. The predicted octanol–water partition coefficient (Wildman–Crippen LogP) is 2.73. The fourth-order valence-electron chi connectivity index (χ4n) is 3.82. The Morgan fingerprint density at radius 3 is 2.74 bits per heavy atom. The number of H-pyrrole nitrogens is 1. The van der Waals surface area contributed by atoms with E-state index in [-0.39, 0.29) is 5.91 Å². The number of piperazine rings is 1. The van der Waals surface area contributed by atoms with Gasteiger partial charge in [-0.15, -0.1) is 0 Å². The van der Waals surface area contributed by atoms with Crippen LogP contribution in [0.4, 0.5) is 5.82 Å². The quantitative estimate of drug-likeness (QED) is 0.776. The Labute approximate surface area is 158 Å². The highest BCUT2D eigenvalue weighted by Crippen LogP contribution is 2.38. The number of rotatable bonds is 4. The summed E-state index contributed by atoms with van der Waals surface area (Å²) in [7, 11) is 0. The number of aromatic amines is 1. The Morgan fingerprint density at radius 2 is 1.93 bits per heavy atom. The molecule has 1 amide bonds. The Balaban J connectivity index is 1.22. The average molecular weight is 361 g/mol. The molecule has 1 aliphatic heterocycles. The first kappa shape index (κ1) is 16.3. The summed E-state index contributed by atoms with van der Waals surface area (Å²) in [4.78, 5) is 29.4. The number of hydrogen-bond donors (Lipinski definition) is 1. The second kappa shape index (κ2) is 6.68. The lowest BCUT2D eigenvalue weighted by Crippen LogP contribution is -2.49. The molecule has 2 aromatic heterocycles. The van der Waals surface area contributed by atoms with Crippen LogP contribution in [-0.4, -0.2) is 51.9 Å². The van der Waals surface area contributed by atoms with E-state index >= 15 is 0 Å². The summed E-state index contributed by atoms with van der Waals surface area (Å²) in [5.41, 5.74) is 2.16. The highest BCUT2D eigenvalue weighted by atomic mass is 16.2. The maximum absolute atomic E-state index is 12.8. The number of benzene rings is 1. The van der Waals surface area contributed by atoms with E-state index in [0.717, 1.165) is 54.3 Å². The molecular weight excluding hydrogens is 338 g/mol. The van der Waals surface area contributed by atoms with Gasteiger partial charge in [0.15, 0.2) is 0 Å². The molecule has 6 heteroatoms. The van der Waals surface area contributed by atoms with Crippen LogP contribution >= 0.6 is 0 Å². The van der Waals surface area contributed by atoms with Crippen LogP contribution in [0.2, 0.25) is 0 Å². The van der Waals surface area contributed by atoms with Crippen molar-refractivity contribution in [3.05, 3.63) is 54.1 Å². The van der Waals surface area contributed by atoms with Crippen molar-refractivity contribution in [2.45, 2.75) is 25.2 Å². The number of nitrogens with one attached hydrogen (secondary N) is 1. The lowest BCUT2D eigenvalue weighted by molar-refractivity contribution is -0.130. The Bertz CT molecular complexity index is 969. The molecule has 1 aliphatic carbocycles. The second-order valence-electron chi connectivity index (χ2n) is 7.45. The number of amides is 1. The zero-order chi connectivity index (χ0) is 18.2. The third kappa shape index (κ3) is 3.27. The standard InChI is InChI=1S/C21H23N5O/c27-20(13-16-14-23-18-4-2-1-3-17(16)18)26-11-9-25(10-12-26)19-7-8-22-21(24-19)15-5-6-15/h1-4,7-8,14-15,23H,5-6,9-13H2. The number of carbonyl (C=O) groups excluding carboxylic acids is 1. The van der Waals surface area contributed by atoms with E-state index in [1.807, 2.05) is 41.6 Å². The minimum absolute atomic E-state index is 0.195. The van der Waals surface area contributed by atoms with Gasteiger partial charge in [0, 0.05) is 55.4 Å². The van der Waals surface area contributed by atoms with Crippen LogP contribution in [0.1, 0.15) is 30.1 Å². The number of anilines is 1. The summed E-state index contributed by atoms with van der Waals surface area (Å²) in [6, 6.07) is 10.1. The highest BCUT2D eigenvalue weighted by molar-refractivity contribution is 5.89. The van der Waals surface area contributed by atoms with Crippen LogP contribution < -0.4 is 4.90 Å². The maximum atomic E-state index is 12.8. The largest absolute Gasteiger partial charge is 0.361 e. The fraction of sp³-hybridized carbons (Fsp3) is 0.381. The zero-order valence-electron chi connectivity index (χ0n) is 15.3. The molecule has 0 bridgehead atoms. The van der Waals surface area contributed by atoms with E-state index in [2.05, 4.69) is 20.9 Å². The summed E-state index contributed by atoms with van der Waals surface area (Å²) in [5, 5.41) is 1.14. The summed E-state index contributed by atoms with van der Waals surface area (Å²) in [6.07, 6.45) is 6.69. The SMILES string of the molecule is O=C(Cc1c[nH]c2ccccc12)N1CCN(c2ccnc(C3CC3)n2)CC1. The molecule has 5 rings (SSSR count). The van der Waals surface area contributed by atoms with Crippen molar-refractivity contribution in [1.82, 2.24) is 19.9 Å². The molecule has 0 unspecified atom stereocenters. The summed E-state index contributed by atoms with van der Waals surface area (Å²) >= 11 is 0. The van der Waals surface area contributed by atoms with E-state index in [4.69, 9.17) is 4.98 Å². The first-order valence-electron chi connectivity index (χ1n) is 9.68. The Kier molecular flexibility index (Phi) is 4.03. The molecule has 27 heavy (non-hydrogen) atoms. The van der Waals surface area contributed by atoms with Crippen LogP contribution in [0, 0.1) is 0 Å². The topological polar surface area (TPSA) is 65.1 Å². The van der Waals surface area contributed by atoms with Crippen molar-refractivity contribution in [2.24, 2.45) is 0 Å². The minimum Gasteiger partial charge on any atom is -0.361 e. The van der Waals surface area contributed by atoms with Crippen molar-refractivity contribution in [1.29, 1.82) is 0 Å². The third-order valence-electron chi connectivity index (χ3n) is 5.57. The van der Waals surface area contributed by atoms with E-state index in [0.29, 0.717) is 12.3 Å². The maximum Gasteiger partial charge on any atom is 0.227 e. The highest BCUT2D eigenvalue weighted by Gasteiger charge is 2.28. The smallest absolute Gasteiger partial charge is 0.227 e. The van der Waals surface area contributed by atoms with Gasteiger partial charge in [0.2, 0.25) is 5.91 Å². The van der Waals surface area contributed by atoms with Gasteiger partial charge in [-0.2, -0.15) is 0 Å². The molecule has 1 aromatic carbocycles. The molecule has 1 N–H and O–H groups in total. The molecule has 6 nitrogen and oxygen atoms in total. The number of hydrogen-bond acceptors (Lipinski definition) is 4. The van der Waals surface area contributed by atoms with Gasteiger partial charge in [-0.25, -0.2) is 9.97 Å². The molecule has 0 spiro atoms. The van der Waals surface area contributed by atoms with Gasteiger partial charge >= 0.3 is 0 Å². The van der Waals surface area contributed by atoms with E-state index in [9.17, 15) is 4.79 Å². The van der Waals surface area contributed by atoms with Gasteiger partial charge in [-0.3, -0.25) is 4.79 Å². The molecule has 1 saturated heterocycles. The van der Waals surface area contributed by atoms with Crippen molar-refractivity contribution in [3.63, 3.8) is 0 Å². The van der Waals surface area contributed by atoms with Crippen LogP contribution in [0.15, 0.2) is 42.7 Å². The van der Waals surface area contributed by atoms with E-state index in [1.165, 1.54) is 12.8 Å². The summed E-state index contributed by atoms with van der Waals surface area (Å²) in [6.45, 7) is 3.12. The first-order chi connectivity index (χ1) is 13.3. The molecule has 1 saturated carbocycles. The lowest BCUT2D eigenvalue weighted by atomic mass is 10.1. The van der Waals surface area contributed by atoms with Crippen LogP contribution in [0.3, 0.4) is 0 Å². The van der Waals surface area contributed by atoms with Crippen molar-refractivity contribution in [3.8, 4) is 0 Å². The molecule has 3 aromatic rings. The number of para-hydroxylation sites is 1. The number of nitrogens with zero attached hydrogens (tertiary/aromatic N) is 4.